The molecule has 5 nitrogen and oxygen atoms in total. The third-order valence-electron chi connectivity index (χ3n) is 5.66. The average Bonchev–Trinajstić information content (AvgIpc) is 2.71. The van der Waals surface area contributed by atoms with Crippen molar-refractivity contribution in [3.63, 3.8) is 0 Å². The lowest BCUT2D eigenvalue weighted by molar-refractivity contribution is -0.134. The van der Waals surface area contributed by atoms with Crippen LogP contribution in [0.1, 0.15) is 46.5 Å². The van der Waals surface area contributed by atoms with E-state index in [2.05, 4.69) is 47.0 Å². The van der Waals surface area contributed by atoms with Crippen LogP contribution in [0.15, 0.2) is 25.3 Å². The first-order chi connectivity index (χ1) is 11.4. The van der Waals surface area contributed by atoms with Crippen LogP contribution in [0.25, 0.3) is 0 Å². The number of allylic oxidation sites excluding steroid dienone is 2. The molecule has 1 aliphatic rings. The third kappa shape index (κ3) is 4.61. The number of carbonyl (C=O) groups is 2. The van der Waals surface area contributed by atoms with Crippen molar-refractivity contribution in [1.82, 2.24) is 4.90 Å². The number of likely N-dealkylation sites (tertiary alicyclic amines) is 1. The fraction of sp³-hybridized carbons (Fsp3) is 0.684. The topological polar surface area (TPSA) is 66.8 Å². The Balaban J connectivity index is 2.91. The minimum absolute atomic E-state index is 0.0976. The van der Waals surface area contributed by atoms with Gasteiger partial charge >= 0.3 is 6.09 Å². The van der Waals surface area contributed by atoms with Crippen molar-refractivity contribution < 1.29 is 19.1 Å². The van der Waals surface area contributed by atoms with Gasteiger partial charge in [-0.25, -0.2) is 9.69 Å². The maximum atomic E-state index is 12.8. The number of hydrogen-bond donors (Lipinski definition) is 1. The quantitative estimate of drug-likeness (QED) is 0.493. The molecule has 1 atom stereocenters. The van der Waals surface area contributed by atoms with E-state index in [0.29, 0.717) is 32.3 Å². The summed E-state index contributed by atoms with van der Waals surface area (Å²) in [4.78, 5) is 25.5. The molecule has 0 unspecified atom stereocenters. The maximum absolute atomic E-state index is 12.8. The molecule has 1 aliphatic heterocycles. The Morgan fingerprint density at radius 1 is 1.36 bits per heavy atom. The van der Waals surface area contributed by atoms with Gasteiger partial charge in [0.25, 0.3) is 0 Å². The first-order valence-electron chi connectivity index (χ1n) is 8.84. The van der Waals surface area contributed by atoms with E-state index in [4.69, 9.17) is 4.43 Å². The molecule has 0 aromatic heterocycles. The van der Waals surface area contributed by atoms with E-state index in [1.807, 2.05) is 0 Å². The Hall–Kier alpha value is -1.40. The lowest BCUT2D eigenvalue weighted by Crippen LogP contribution is -2.43. The summed E-state index contributed by atoms with van der Waals surface area (Å²) in [6, 6.07) is -0.352. The molecule has 0 aromatic carbocycles. The summed E-state index contributed by atoms with van der Waals surface area (Å²) in [5.41, 5.74) is -0.733. The fourth-order valence-corrected chi connectivity index (χ4v) is 4.23. The smallest absolute Gasteiger partial charge is 0.414 e. The van der Waals surface area contributed by atoms with Gasteiger partial charge in [-0.1, -0.05) is 32.9 Å². The molecule has 0 radical (unpaired) electrons. The standard InChI is InChI=1S/C19H33NO4Si/c1-8-11-19(12-9-2)14-15(20(16(19)21)17(22)23)10-13-24-25(6,7)18(3,4)5/h8-9,15H,1-2,10-14H2,3-7H3,(H,22,23)/t15-/m0/s1. The lowest BCUT2D eigenvalue weighted by Gasteiger charge is -2.36. The predicted octanol–water partition coefficient (Wildman–Crippen LogP) is 4.82. The fourth-order valence-electron chi connectivity index (χ4n) is 3.17. The molecule has 142 valence electrons. The maximum Gasteiger partial charge on any atom is 0.414 e. The van der Waals surface area contributed by atoms with Gasteiger partial charge in [0.1, 0.15) is 0 Å². The van der Waals surface area contributed by atoms with Gasteiger partial charge in [0.05, 0.1) is 5.41 Å². The average molecular weight is 368 g/mol. The summed E-state index contributed by atoms with van der Waals surface area (Å²) < 4.78 is 6.17. The van der Waals surface area contributed by atoms with Crippen molar-refractivity contribution in [2.24, 2.45) is 5.41 Å². The van der Waals surface area contributed by atoms with Crippen LogP contribution >= 0.6 is 0 Å². The minimum atomic E-state index is -1.89. The molecule has 6 heteroatoms. The highest BCUT2D eigenvalue weighted by Gasteiger charge is 2.52. The highest BCUT2D eigenvalue weighted by molar-refractivity contribution is 6.74. The lowest BCUT2D eigenvalue weighted by atomic mass is 9.78. The van der Waals surface area contributed by atoms with Gasteiger partial charge in [-0.2, -0.15) is 0 Å². The number of imide groups is 1. The summed E-state index contributed by atoms with van der Waals surface area (Å²) in [5, 5.41) is 9.63. The molecule has 0 aliphatic carbocycles. The Kier molecular flexibility index (Phi) is 6.81. The highest BCUT2D eigenvalue weighted by atomic mass is 28.4. The Bertz CT molecular complexity index is 526. The van der Waals surface area contributed by atoms with Crippen LogP contribution in [0.4, 0.5) is 4.79 Å². The summed E-state index contributed by atoms with van der Waals surface area (Å²) in [6.07, 6.45) is 4.14. The molecule has 1 N–H and O–H groups in total. The summed E-state index contributed by atoms with van der Waals surface area (Å²) in [6.45, 7) is 18.8. The predicted molar refractivity (Wildman–Crippen MR) is 103 cm³/mol. The van der Waals surface area contributed by atoms with Gasteiger partial charge in [0.2, 0.25) is 5.91 Å². The van der Waals surface area contributed by atoms with E-state index >= 15 is 0 Å². The molecule has 1 rings (SSSR count). The van der Waals surface area contributed by atoms with E-state index in [0.717, 1.165) is 4.90 Å². The molecule has 0 saturated carbocycles. The molecular weight excluding hydrogens is 334 g/mol. The van der Waals surface area contributed by atoms with Crippen molar-refractivity contribution in [2.75, 3.05) is 6.61 Å². The Morgan fingerprint density at radius 2 is 1.88 bits per heavy atom. The van der Waals surface area contributed by atoms with Crippen molar-refractivity contribution in [1.29, 1.82) is 0 Å². The SMILES string of the molecule is C=CCC1(CC=C)C[C@H](CCO[Si](C)(C)C(C)(C)C)N(C(=O)O)C1=O. The molecule has 1 heterocycles. The number of amides is 2. The van der Waals surface area contributed by atoms with Gasteiger partial charge in [-0.15, -0.1) is 13.2 Å². The van der Waals surface area contributed by atoms with Crippen LogP contribution in [0.2, 0.25) is 18.1 Å². The van der Waals surface area contributed by atoms with E-state index < -0.39 is 19.8 Å². The van der Waals surface area contributed by atoms with Crippen molar-refractivity contribution in [3.8, 4) is 0 Å². The van der Waals surface area contributed by atoms with Crippen LogP contribution in [0.5, 0.6) is 0 Å². The molecule has 1 fully saturated rings. The highest BCUT2D eigenvalue weighted by Crippen LogP contribution is 2.44. The molecule has 2 amide bonds. The Morgan fingerprint density at radius 3 is 2.28 bits per heavy atom. The number of carboxylic acid groups (broad SMARTS) is 1. The Labute approximate surface area is 152 Å². The summed E-state index contributed by atoms with van der Waals surface area (Å²) in [5.74, 6) is -0.336. The van der Waals surface area contributed by atoms with Gasteiger partial charge in [-0.3, -0.25) is 4.79 Å². The summed E-state index contributed by atoms with van der Waals surface area (Å²) in [7, 11) is -1.89. The van der Waals surface area contributed by atoms with Crippen LogP contribution in [-0.2, 0) is 9.22 Å². The second kappa shape index (κ2) is 7.87. The molecule has 1 saturated heterocycles. The zero-order valence-corrected chi connectivity index (χ0v) is 17.3. The molecule has 0 spiro atoms. The second-order valence-corrected chi connectivity index (χ2v) is 13.3. The molecule has 0 bridgehead atoms. The van der Waals surface area contributed by atoms with Crippen molar-refractivity contribution in [3.05, 3.63) is 25.3 Å². The minimum Gasteiger partial charge on any atom is -0.465 e. The van der Waals surface area contributed by atoms with Crippen molar-refractivity contribution >= 4 is 20.3 Å². The number of nitrogens with zero attached hydrogens (tertiary/aromatic N) is 1. The van der Waals surface area contributed by atoms with Gasteiger partial charge in [-0.05, 0) is 43.8 Å². The van der Waals surface area contributed by atoms with E-state index in [-0.39, 0.29) is 17.0 Å². The van der Waals surface area contributed by atoms with Gasteiger partial charge in [0, 0.05) is 12.6 Å². The third-order valence-corrected chi connectivity index (χ3v) is 10.2. The zero-order chi connectivity index (χ0) is 19.5. The van der Waals surface area contributed by atoms with Crippen LogP contribution in [0, 0.1) is 5.41 Å². The van der Waals surface area contributed by atoms with Crippen LogP contribution < -0.4 is 0 Å². The number of hydrogen-bond acceptors (Lipinski definition) is 3. The monoisotopic (exact) mass is 367 g/mol. The van der Waals surface area contributed by atoms with E-state index in [9.17, 15) is 14.7 Å². The van der Waals surface area contributed by atoms with E-state index in [1.165, 1.54) is 0 Å². The van der Waals surface area contributed by atoms with Crippen LogP contribution in [0.3, 0.4) is 0 Å². The second-order valence-electron chi connectivity index (χ2n) is 8.48. The number of rotatable bonds is 8. The molecular formula is C19H33NO4Si. The molecule has 0 aromatic rings. The van der Waals surface area contributed by atoms with Crippen molar-refractivity contribution in [2.45, 2.75) is 70.6 Å². The normalized spacial score (nSPS) is 20.6. The van der Waals surface area contributed by atoms with Crippen LogP contribution in [-0.4, -0.2) is 43.0 Å². The van der Waals surface area contributed by atoms with E-state index in [1.54, 1.807) is 12.2 Å². The number of carbonyl (C=O) groups excluding carboxylic acids is 1. The molecule has 25 heavy (non-hydrogen) atoms. The summed E-state index contributed by atoms with van der Waals surface area (Å²) >= 11 is 0. The van der Waals surface area contributed by atoms with Gasteiger partial charge in [0.15, 0.2) is 8.32 Å². The first-order valence-corrected chi connectivity index (χ1v) is 11.7. The largest absolute Gasteiger partial charge is 0.465 e. The van der Waals surface area contributed by atoms with Gasteiger partial charge < -0.3 is 9.53 Å². The zero-order valence-electron chi connectivity index (χ0n) is 16.3. The first kappa shape index (κ1) is 21.6.